The second-order valence-corrected chi connectivity index (χ2v) is 6.55. The lowest BCUT2D eigenvalue weighted by molar-refractivity contribution is -0.145. The molecule has 19 heavy (non-hydrogen) atoms. The lowest BCUT2D eigenvalue weighted by atomic mass is 9.78. The number of rotatable bonds is 0. The van der Waals surface area contributed by atoms with Crippen LogP contribution in [0.25, 0.3) is 0 Å². The molecule has 0 spiro atoms. The minimum absolute atomic E-state index is 0.00789. The number of hydrazone groups is 2. The highest BCUT2D eigenvalue weighted by Gasteiger charge is 2.63. The molecule has 0 aromatic rings. The molecule has 0 radical (unpaired) electrons. The van der Waals surface area contributed by atoms with E-state index in [4.69, 9.17) is 5.10 Å². The van der Waals surface area contributed by atoms with Gasteiger partial charge in [-0.1, -0.05) is 0 Å². The summed E-state index contributed by atoms with van der Waals surface area (Å²) in [7, 11) is 0. The zero-order valence-corrected chi connectivity index (χ0v) is 12.4. The molecule has 3 atom stereocenters. The van der Waals surface area contributed by atoms with Gasteiger partial charge in [0.1, 0.15) is 0 Å². The summed E-state index contributed by atoms with van der Waals surface area (Å²) in [4.78, 5) is 11.9. The molecule has 5 nitrogen and oxygen atoms in total. The lowest BCUT2D eigenvalue weighted by Crippen LogP contribution is -2.58. The van der Waals surface area contributed by atoms with Crippen LogP contribution in [0.5, 0.6) is 0 Å². The highest BCUT2D eigenvalue weighted by atomic mass is 16.2. The smallest absolute Gasteiger partial charge is 0.241 e. The Morgan fingerprint density at radius 3 is 2.63 bits per heavy atom. The van der Waals surface area contributed by atoms with E-state index >= 15 is 0 Å². The Morgan fingerprint density at radius 1 is 1.32 bits per heavy atom. The molecule has 3 aliphatic rings. The molecule has 1 saturated heterocycles. The summed E-state index contributed by atoms with van der Waals surface area (Å²) >= 11 is 0. The van der Waals surface area contributed by atoms with Gasteiger partial charge in [0.15, 0.2) is 5.66 Å². The Labute approximate surface area is 114 Å². The van der Waals surface area contributed by atoms with Gasteiger partial charge in [-0.25, -0.2) is 5.01 Å². The molecular weight excluding hydrogens is 240 g/mol. The van der Waals surface area contributed by atoms with Gasteiger partial charge in [-0.05, 0) is 40.5 Å². The van der Waals surface area contributed by atoms with Crippen LogP contribution in [0.2, 0.25) is 0 Å². The molecule has 3 rings (SSSR count). The van der Waals surface area contributed by atoms with E-state index in [2.05, 4.69) is 30.9 Å². The van der Waals surface area contributed by atoms with Crippen molar-refractivity contribution in [2.75, 3.05) is 0 Å². The zero-order valence-electron chi connectivity index (χ0n) is 12.4. The van der Waals surface area contributed by atoms with E-state index in [0.29, 0.717) is 5.92 Å². The molecule has 3 unspecified atom stereocenters. The fourth-order valence-corrected chi connectivity index (χ4v) is 4.07. The summed E-state index contributed by atoms with van der Waals surface area (Å²) in [6.07, 6.45) is 3.04. The monoisotopic (exact) mass is 262 g/mol. The van der Waals surface area contributed by atoms with Crippen LogP contribution in [0, 0.1) is 5.92 Å². The van der Waals surface area contributed by atoms with Gasteiger partial charge in [-0.15, -0.1) is 0 Å². The molecular formula is C14H22N4O. The van der Waals surface area contributed by atoms with E-state index in [1.807, 2.05) is 6.92 Å². The fraction of sp³-hybridized carbons (Fsp3) is 0.786. The summed E-state index contributed by atoms with van der Waals surface area (Å²) < 4.78 is 0. The first-order chi connectivity index (χ1) is 8.79. The quantitative estimate of drug-likeness (QED) is 0.672. The molecule has 104 valence electrons. The fourth-order valence-electron chi connectivity index (χ4n) is 4.07. The largest absolute Gasteiger partial charge is 0.273 e. The summed E-state index contributed by atoms with van der Waals surface area (Å²) in [6.45, 7) is 10.0. The molecule has 0 aromatic heterocycles. The highest BCUT2D eigenvalue weighted by Crippen LogP contribution is 2.53. The van der Waals surface area contributed by atoms with Crippen LogP contribution >= 0.6 is 0 Å². The first-order valence-corrected chi connectivity index (χ1v) is 6.99. The molecule has 1 fully saturated rings. The minimum Gasteiger partial charge on any atom is -0.273 e. The van der Waals surface area contributed by atoms with Crippen LogP contribution in [0.15, 0.2) is 10.2 Å². The van der Waals surface area contributed by atoms with Crippen molar-refractivity contribution in [3.05, 3.63) is 0 Å². The zero-order chi connectivity index (χ0) is 14.0. The highest BCUT2D eigenvalue weighted by molar-refractivity contribution is 5.90. The Bertz CT molecular complexity index is 512. The number of carbonyl (C=O) groups is 1. The third-order valence-corrected chi connectivity index (χ3v) is 5.06. The predicted molar refractivity (Wildman–Crippen MR) is 74.7 cm³/mol. The first kappa shape index (κ1) is 12.6. The third-order valence-electron chi connectivity index (χ3n) is 5.06. The maximum Gasteiger partial charge on any atom is 0.241 e. The Kier molecular flexibility index (Phi) is 2.38. The van der Waals surface area contributed by atoms with Crippen molar-refractivity contribution in [1.82, 2.24) is 10.0 Å². The van der Waals surface area contributed by atoms with Gasteiger partial charge in [-0.2, -0.15) is 10.2 Å². The maximum absolute atomic E-state index is 11.9. The van der Waals surface area contributed by atoms with E-state index in [1.165, 1.54) is 0 Å². The van der Waals surface area contributed by atoms with Crippen molar-refractivity contribution in [3.8, 4) is 0 Å². The number of fused-ring (bicyclic) bond motifs is 5. The number of amides is 1. The third kappa shape index (κ3) is 1.44. The van der Waals surface area contributed by atoms with Gasteiger partial charge in [0, 0.05) is 30.7 Å². The summed E-state index contributed by atoms with van der Waals surface area (Å²) in [5.41, 5.74) is 1.79. The van der Waals surface area contributed by atoms with E-state index in [0.717, 1.165) is 30.7 Å². The molecule has 0 N–H and O–H groups in total. The maximum atomic E-state index is 11.9. The number of carbonyl (C=O) groups excluding carboxylic acids is 1. The SMILES string of the molecule is CC(=O)N1N=C(C)C2CC1(C)N1N=C(C)CCC21C. The van der Waals surface area contributed by atoms with Gasteiger partial charge >= 0.3 is 0 Å². The lowest BCUT2D eigenvalue weighted by Gasteiger charge is -2.46. The predicted octanol–water partition coefficient (Wildman–Crippen LogP) is 2.19. The van der Waals surface area contributed by atoms with Crippen LogP contribution in [-0.2, 0) is 4.79 Å². The number of hydrogen-bond acceptors (Lipinski definition) is 4. The minimum atomic E-state index is -0.410. The standard InChI is InChI=1S/C14H22N4O/c1-9-6-7-13(4)12-8-14(5,18(13)15-9)17(11(3)19)16-10(12)2/h12H,6-8H2,1-5H3. The Morgan fingerprint density at radius 2 is 2.00 bits per heavy atom. The van der Waals surface area contributed by atoms with Crippen molar-refractivity contribution in [3.63, 3.8) is 0 Å². The second-order valence-electron chi connectivity index (χ2n) is 6.55. The van der Waals surface area contributed by atoms with Crippen LogP contribution in [0.1, 0.15) is 53.9 Å². The van der Waals surface area contributed by atoms with Crippen LogP contribution in [0.4, 0.5) is 0 Å². The average molecular weight is 262 g/mol. The van der Waals surface area contributed by atoms with Crippen molar-refractivity contribution < 1.29 is 4.79 Å². The molecule has 3 heterocycles. The number of hydrogen-bond donors (Lipinski definition) is 0. The molecule has 0 aliphatic carbocycles. The van der Waals surface area contributed by atoms with Crippen LogP contribution < -0.4 is 0 Å². The van der Waals surface area contributed by atoms with Crippen molar-refractivity contribution in [2.24, 2.45) is 16.1 Å². The summed E-state index contributed by atoms with van der Waals surface area (Å²) in [5, 5.41) is 13.1. The van der Waals surface area contributed by atoms with E-state index in [9.17, 15) is 4.79 Å². The van der Waals surface area contributed by atoms with E-state index < -0.39 is 5.66 Å². The van der Waals surface area contributed by atoms with Gasteiger partial charge in [0.05, 0.1) is 5.54 Å². The molecule has 1 amide bonds. The number of nitrogens with zero attached hydrogens (tertiary/aromatic N) is 4. The molecule has 0 aromatic carbocycles. The molecule has 5 heteroatoms. The molecule has 2 bridgehead atoms. The van der Waals surface area contributed by atoms with Crippen molar-refractivity contribution >= 4 is 17.3 Å². The topological polar surface area (TPSA) is 48.3 Å². The normalized spacial score (nSPS) is 40.8. The second kappa shape index (κ2) is 3.58. The Hall–Kier alpha value is -1.39. The molecule has 3 aliphatic heterocycles. The average Bonchev–Trinajstić information content (AvgIpc) is 2.53. The first-order valence-electron chi connectivity index (χ1n) is 6.99. The van der Waals surface area contributed by atoms with Crippen LogP contribution in [-0.4, -0.2) is 38.6 Å². The van der Waals surface area contributed by atoms with E-state index in [1.54, 1.807) is 11.9 Å². The Balaban J connectivity index is 2.16. The van der Waals surface area contributed by atoms with Gasteiger partial charge in [0.2, 0.25) is 5.91 Å². The van der Waals surface area contributed by atoms with Crippen LogP contribution in [0.3, 0.4) is 0 Å². The van der Waals surface area contributed by atoms with Gasteiger partial charge in [0.25, 0.3) is 0 Å². The van der Waals surface area contributed by atoms with Gasteiger partial charge < -0.3 is 0 Å². The summed E-state index contributed by atoms with van der Waals surface area (Å²) in [5.74, 6) is 0.382. The van der Waals surface area contributed by atoms with E-state index in [-0.39, 0.29) is 11.4 Å². The molecule has 0 saturated carbocycles. The summed E-state index contributed by atoms with van der Waals surface area (Å²) in [6, 6.07) is 0. The van der Waals surface area contributed by atoms with Crippen molar-refractivity contribution in [2.45, 2.75) is 65.1 Å². The van der Waals surface area contributed by atoms with Crippen molar-refractivity contribution in [1.29, 1.82) is 0 Å². The van der Waals surface area contributed by atoms with Gasteiger partial charge in [-0.3, -0.25) is 9.80 Å².